The van der Waals surface area contributed by atoms with Crippen molar-refractivity contribution in [3.63, 3.8) is 0 Å². The van der Waals surface area contributed by atoms with Gasteiger partial charge in [-0.25, -0.2) is 0 Å². The van der Waals surface area contributed by atoms with E-state index in [0.717, 1.165) is 38.5 Å². The highest BCUT2D eigenvalue weighted by Gasteiger charge is 2.27. The minimum absolute atomic E-state index is 0.0412. The molecule has 0 saturated carbocycles. The van der Waals surface area contributed by atoms with Crippen LogP contribution in [0.5, 0.6) is 0 Å². The molecular weight excluding hydrogens is 456 g/mol. The zero-order chi connectivity index (χ0) is 26.0. The molecule has 0 aromatic carbocycles. The number of rotatable bonds is 28. The number of carboxylic acid groups (broad SMARTS) is 2. The molecule has 5 heteroatoms. The average Bonchev–Trinajstić information content (AvgIpc) is 2.82. The highest BCUT2D eigenvalue weighted by Crippen LogP contribution is 2.30. The molecule has 2 unspecified atom stereocenters. The standard InChI is InChI=1S/C30H58O4S/c1-3-5-7-9-11-13-15-17-19-21-23-27(30(33)34)28(35-26-25-29(31)32)24-22-20-18-16-14-12-10-8-6-4-2/h27-28H,3-26H2,1-2H3,(H,31,32)(H,33,34). The van der Waals surface area contributed by atoms with Crippen LogP contribution in [0.1, 0.15) is 162 Å². The van der Waals surface area contributed by atoms with Crippen LogP contribution < -0.4 is 0 Å². The third kappa shape index (κ3) is 23.4. The van der Waals surface area contributed by atoms with Crippen LogP contribution in [0, 0.1) is 5.92 Å². The normalized spacial score (nSPS) is 13.1. The molecule has 0 rings (SSSR count). The Labute approximate surface area is 221 Å². The van der Waals surface area contributed by atoms with Crippen LogP contribution >= 0.6 is 11.8 Å². The Bertz CT molecular complexity index is 483. The molecule has 0 radical (unpaired) electrons. The number of thioether (sulfide) groups is 1. The summed E-state index contributed by atoms with van der Waals surface area (Å²) < 4.78 is 0. The Morgan fingerprint density at radius 3 is 1.31 bits per heavy atom. The smallest absolute Gasteiger partial charge is 0.307 e. The molecule has 0 amide bonds. The van der Waals surface area contributed by atoms with Crippen LogP contribution in [-0.2, 0) is 9.59 Å². The fraction of sp³-hybridized carbons (Fsp3) is 0.933. The van der Waals surface area contributed by atoms with Crippen molar-refractivity contribution in [2.45, 2.75) is 167 Å². The molecule has 0 aliphatic heterocycles. The van der Waals surface area contributed by atoms with E-state index in [2.05, 4.69) is 13.8 Å². The molecule has 0 bridgehead atoms. The second kappa shape index (κ2) is 26.4. The quantitative estimate of drug-likeness (QED) is 0.102. The summed E-state index contributed by atoms with van der Waals surface area (Å²) in [6.45, 7) is 4.50. The lowest BCUT2D eigenvalue weighted by Gasteiger charge is -2.24. The van der Waals surface area contributed by atoms with Crippen LogP contribution in [0.25, 0.3) is 0 Å². The van der Waals surface area contributed by atoms with E-state index in [4.69, 9.17) is 5.11 Å². The predicted molar refractivity (Wildman–Crippen MR) is 153 cm³/mol. The van der Waals surface area contributed by atoms with E-state index in [1.807, 2.05) is 0 Å². The van der Waals surface area contributed by atoms with Gasteiger partial charge in [-0.3, -0.25) is 9.59 Å². The Hall–Kier alpha value is -0.710. The topological polar surface area (TPSA) is 74.6 Å². The van der Waals surface area contributed by atoms with Gasteiger partial charge in [0.25, 0.3) is 0 Å². The van der Waals surface area contributed by atoms with Crippen LogP contribution in [0.2, 0.25) is 0 Å². The maximum Gasteiger partial charge on any atom is 0.307 e. The fourth-order valence-electron chi connectivity index (χ4n) is 4.85. The monoisotopic (exact) mass is 514 g/mol. The molecule has 0 aliphatic rings. The number of hydrogen-bond acceptors (Lipinski definition) is 3. The second-order valence-electron chi connectivity index (χ2n) is 10.4. The van der Waals surface area contributed by atoms with E-state index in [0.29, 0.717) is 5.75 Å². The molecule has 208 valence electrons. The Kier molecular flexibility index (Phi) is 25.8. The summed E-state index contributed by atoms with van der Waals surface area (Å²) in [5.41, 5.74) is 0. The molecule has 2 atom stereocenters. The summed E-state index contributed by atoms with van der Waals surface area (Å²) in [6.07, 6.45) is 27.0. The highest BCUT2D eigenvalue weighted by atomic mass is 32.2. The summed E-state index contributed by atoms with van der Waals surface area (Å²) in [5.74, 6) is -1.32. The first-order valence-electron chi connectivity index (χ1n) is 15.1. The second-order valence-corrected chi connectivity index (χ2v) is 11.8. The zero-order valence-electron chi connectivity index (χ0n) is 23.2. The third-order valence-corrected chi connectivity index (χ3v) is 8.56. The SMILES string of the molecule is CCCCCCCCCCCCC(SCCC(=O)O)C(CCCCCCCCCCCC)C(=O)O. The van der Waals surface area contributed by atoms with Crippen molar-refractivity contribution in [2.75, 3.05) is 5.75 Å². The lowest BCUT2D eigenvalue weighted by Crippen LogP contribution is -2.26. The first kappa shape index (κ1) is 34.3. The van der Waals surface area contributed by atoms with Crippen LogP contribution in [-0.4, -0.2) is 33.2 Å². The molecule has 2 N–H and O–H groups in total. The van der Waals surface area contributed by atoms with Gasteiger partial charge in [-0.2, -0.15) is 11.8 Å². The van der Waals surface area contributed by atoms with Gasteiger partial charge < -0.3 is 10.2 Å². The molecule has 35 heavy (non-hydrogen) atoms. The van der Waals surface area contributed by atoms with Crippen LogP contribution in [0.15, 0.2) is 0 Å². The van der Waals surface area contributed by atoms with Gasteiger partial charge in [0.1, 0.15) is 0 Å². The zero-order valence-corrected chi connectivity index (χ0v) is 24.1. The molecule has 0 spiro atoms. The van der Waals surface area contributed by atoms with Gasteiger partial charge in [0.2, 0.25) is 0 Å². The number of carbonyl (C=O) groups is 2. The lowest BCUT2D eigenvalue weighted by atomic mass is 9.93. The Morgan fingerprint density at radius 1 is 0.571 bits per heavy atom. The molecule has 0 saturated heterocycles. The first-order chi connectivity index (χ1) is 17.0. The largest absolute Gasteiger partial charge is 0.481 e. The number of aliphatic carboxylic acids is 2. The molecule has 0 fully saturated rings. The molecule has 0 aromatic rings. The predicted octanol–water partition coefficient (Wildman–Crippen LogP) is 9.89. The summed E-state index contributed by atoms with van der Waals surface area (Å²) >= 11 is 1.59. The summed E-state index contributed by atoms with van der Waals surface area (Å²) in [4.78, 5) is 23.1. The van der Waals surface area contributed by atoms with Crippen molar-refractivity contribution >= 4 is 23.7 Å². The summed E-state index contributed by atoms with van der Waals surface area (Å²) in [6, 6.07) is 0. The van der Waals surface area contributed by atoms with Crippen molar-refractivity contribution in [2.24, 2.45) is 5.92 Å². The molecule has 4 nitrogen and oxygen atoms in total. The van der Waals surface area contributed by atoms with Gasteiger partial charge in [0.05, 0.1) is 12.3 Å². The molecule has 0 aliphatic carbocycles. The van der Waals surface area contributed by atoms with Crippen LogP contribution in [0.3, 0.4) is 0 Å². The maximum absolute atomic E-state index is 12.1. The molecular formula is C30H58O4S. The van der Waals surface area contributed by atoms with E-state index in [-0.39, 0.29) is 17.6 Å². The van der Waals surface area contributed by atoms with Gasteiger partial charge in [0.15, 0.2) is 0 Å². The van der Waals surface area contributed by atoms with Crippen molar-refractivity contribution in [1.29, 1.82) is 0 Å². The van der Waals surface area contributed by atoms with Crippen molar-refractivity contribution in [3.8, 4) is 0 Å². The average molecular weight is 515 g/mol. The maximum atomic E-state index is 12.1. The molecule has 0 aromatic heterocycles. The summed E-state index contributed by atoms with van der Waals surface area (Å²) in [5, 5.41) is 19.0. The van der Waals surface area contributed by atoms with Crippen LogP contribution in [0.4, 0.5) is 0 Å². The first-order valence-corrected chi connectivity index (χ1v) is 16.1. The van der Waals surface area contributed by atoms with Crippen molar-refractivity contribution in [3.05, 3.63) is 0 Å². The fourth-order valence-corrected chi connectivity index (χ4v) is 6.26. The van der Waals surface area contributed by atoms with E-state index in [1.54, 1.807) is 11.8 Å². The van der Waals surface area contributed by atoms with E-state index in [9.17, 15) is 14.7 Å². The molecule has 0 heterocycles. The van der Waals surface area contributed by atoms with Gasteiger partial charge in [-0.1, -0.05) is 142 Å². The summed E-state index contributed by atoms with van der Waals surface area (Å²) in [7, 11) is 0. The van der Waals surface area contributed by atoms with E-state index >= 15 is 0 Å². The van der Waals surface area contributed by atoms with E-state index < -0.39 is 11.9 Å². The Balaban J connectivity index is 4.24. The van der Waals surface area contributed by atoms with Crippen molar-refractivity contribution in [1.82, 2.24) is 0 Å². The van der Waals surface area contributed by atoms with Gasteiger partial charge in [0, 0.05) is 11.0 Å². The van der Waals surface area contributed by atoms with Gasteiger partial charge in [-0.05, 0) is 12.8 Å². The van der Waals surface area contributed by atoms with E-state index in [1.165, 1.54) is 103 Å². The number of unbranched alkanes of at least 4 members (excludes halogenated alkanes) is 18. The van der Waals surface area contributed by atoms with Gasteiger partial charge >= 0.3 is 11.9 Å². The Morgan fingerprint density at radius 2 is 0.943 bits per heavy atom. The number of carboxylic acids is 2. The number of hydrogen-bond donors (Lipinski definition) is 2. The van der Waals surface area contributed by atoms with Gasteiger partial charge in [-0.15, -0.1) is 0 Å². The highest BCUT2D eigenvalue weighted by molar-refractivity contribution is 7.99. The minimum atomic E-state index is -0.795. The minimum Gasteiger partial charge on any atom is -0.481 e. The third-order valence-electron chi connectivity index (χ3n) is 7.12. The lowest BCUT2D eigenvalue weighted by molar-refractivity contribution is -0.142. The van der Waals surface area contributed by atoms with Crippen molar-refractivity contribution < 1.29 is 19.8 Å².